The highest BCUT2D eigenvalue weighted by Crippen LogP contribution is 2.12. The zero-order valence-electron chi connectivity index (χ0n) is 14.0. The van der Waals surface area contributed by atoms with Crippen molar-refractivity contribution >= 4 is 0 Å². The average molecular weight is 271 g/mol. The van der Waals surface area contributed by atoms with Crippen molar-refractivity contribution in [2.75, 3.05) is 13.2 Å². The number of hydrogen-bond donors (Lipinski definition) is 1. The molecule has 2 heteroatoms. The maximum Gasteiger partial charge on any atom is 0.0625 e. The molecule has 0 fully saturated rings. The zero-order valence-corrected chi connectivity index (χ0v) is 14.0. The van der Waals surface area contributed by atoms with E-state index in [1.807, 2.05) is 0 Å². The predicted molar refractivity (Wildman–Crippen MR) is 85.7 cm³/mol. The van der Waals surface area contributed by atoms with Crippen molar-refractivity contribution in [2.24, 2.45) is 5.92 Å². The van der Waals surface area contributed by atoms with Gasteiger partial charge in [-0.15, -0.1) is 0 Å². The van der Waals surface area contributed by atoms with E-state index in [1.165, 1.54) is 44.9 Å². The van der Waals surface area contributed by atoms with Gasteiger partial charge < -0.3 is 10.1 Å². The molecule has 3 atom stereocenters. The van der Waals surface area contributed by atoms with Gasteiger partial charge in [-0.2, -0.15) is 0 Å². The Labute approximate surface area is 121 Å². The summed E-state index contributed by atoms with van der Waals surface area (Å²) in [7, 11) is 0. The topological polar surface area (TPSA) is 21.3 Å². The fraction of sp³-hybridized carbons (Fsp3) is 1.00. The highest BCUT2D eigenvalue weighted by Gasteiger charge is 2.16. The summed E-state index contributed by atoms with van der Waals surface area (Å²) in [5.41, 5.74) is 0. The Morgan fingerprint density at radius 3 is 2.26 bits per heavy atom. The van der Waals surface area contributed by atoms with Gasteiger partial charge in [-0.25, -0.2) is 0 Å². The van der Waals surface area contributed by atoms with Crippen molar-refractivity contribution < 1.29 is 4.74 Å². The quantitative estimate of drug-likeness (QED) is 0.487. The molecule has 3 unspecified atom stereocenters. The number of unbranched alkanes of at least 4 members (excludes halogenated alkanes) is 3. The van der Waals surface area contributed by atoms with Gasteiger partial charge in [0.1, 0.15) is 0 Å². The van der Waals surface area contributed by atoms with Gasteiger partial charge >= 0.3 is 0 Å². The first-order valence-electron chi connectivity index (χ1n) is 8.50. The first-order chi connectivity index (χ1) is 9.15. The smallest absolute Gasteiger partial charge is 0.0625 e. The third-order valence-corrected chi connectivity index (χ3v) is 4.01. The maximum absolute atomic E-state index is 6.04. The van der Waals surface area contributed by atoms with Gasteiger partial charge in [0.25, 0.3) is 0 Å². The summed E-state index contributed by atoms with van der Waals surface area (Å²) in [5.74, 6) is 0.693. The monoisotopic (exact) mass is 271 g/mol. The van der Waals surface area contributed by atoms with Crippen LogP contribution in [0.1, 0.15) is 79.6 Å². The molecule has 19 heavy (non-hydrogen) atoms. The molecule has 0 bridgehead atoms. The lowest BCUT2D eigenvalue weighted by atomic mass is 9.99. The van der Waals surface area contributed by atoms with Gasteiger partial charge in [-0.05, 0) is 32.2 Å². The number of rotatable bonds is 13. The average Bonchev–Trinajstić information content (AvgIpc) is 2.43. The molecule has 0 rings (SSSR count). The van der Waals surface area contributed by atoms with Crippen molar-refractivity contribution in [3.8, 4) is 0 Å². The van der Waals surface area contributed by atoms with Crippen molar-refractivity contribution in [3.05, 3.63) is 0 Å². The summed E-state index contributed by atoms with van der Waals surface area (Å²) in [6, 6.07) is 0.517. The first-order valence-corrected chi connectivity index (χ1v) is 8.50. The minimum absolute atomic E-state index is 0.409. The van der Waals surface area contributed by atoms with E-state index in [4.69, 9.17) is 4.74 Å². The fourth-order valence-corrected chi connectivity index (χ4v) is 2.25. The minimum atomic E-state index is 0.409. The highest BCUT2D eigenvalue weighted by atomic mass is 16.5. The van der Waals surface area contributed by atoms with Crippen molar-refractivity contribution in [1.82, 2.24) is 5.32 Å². The third-order valence-electron chi connectivity index (χ3n) is 4.01. The van der Waals surface area contributed by atoms with Gasteiger partial charge in [-0.3, -0.25) is 0 Å². The summed E-state index contributed by atoms with van der Waals surface area (Å²) >= 11 is 0. The van der Waals surface area contributed by atoms with E-state index < -0.39 is 0 Å². The molecule has 0 saturated heterocycles. The number of ether oxygens (including phenoxy) is 1. The lowest BCUT2D eigenvalue weighted by molar-refractivity contribution is 0.0330. The molecule has 0 aliphatic rings. The molecule has 0 aromatic carbocycles. The summed E-state index contributed by atoms with van der Waals surface area (Å²) in [6.07, 6.45) is 9.37. The van der Waals surface area contributed by atoms with E-state index in [2.05, 4.69) is 39.9 Å². The van der Waals surface area contributed by atoms with Crippen LogP contribution >= 0.6 is 0 Å². The van der Waals surface area contributed by atoms with E-state index >= 15 is 0 Å². The largest absolute Gasteiger partial charge is 0.377 e. The van der Waals surface area contributed by atoms with E-state index in [0.29, 0.717) is 18.1 Å². The van der Waals surface area contributed by atoms with Crippen molar-refractivity contribution in [2.45, 2.75) is 91.7 Å². The molecule has 0 aromatic heterocycles. The lowest BCUT2D eigenvalue weighted by Crippen LogP contribution is -2.40. The molecule has 116 valence electrons. The Balaban J connectivity index is 3.81. The molecule has 0 aliphatic carbocycles. The molecule has 2 nitrogen and oxygen atoms in total. The van der Waals surface area contributed by atoms with Crippen LogP contribution in [0.3, 0.4) is 0 Å². The van der Waals surface area contributed by atoms with Crippen LogP contribution in [0.15, 0.2) is 0 Å². The van der Waals surface area contributed by atoms with Gasteiger partial charge in [0.15, 0.2) is 0 Å². The Kier molecular flexibility index (Phi) is 12.9. The normalized spacial score (nSPS) is 16.3. The summed E-state index contributed by atoms with van der Waals surface area (Å²) in [4.78, 5) is 0. The van der Waals surface area contributed by atoms with Crippen LogP contribution in [0.5, 0.6) is 0 Å². The van der Waals surface area contributed by atoms with Crippen LogP contribution in [0.2, 0.25) is 0 Å². The van der Waals surface area contributed by atoms with Gasteiger partial charge in [-0.1, -0.05) is 59.8 Å². The Morgan fingerprint density at radius 1 is 0.947 bits per heavy atom. The van der Waals surface area contributed by atoms with Crippen molar-refractivity contribution in [1.29, 1.82) is 0 Å². The molecule has 0 spiro atoms. The maximum atomic E-state index is 6.04. The van der Waals surface area contributed by atoms with Crippen LogP contribution in [0.25, 0.3) is 0 Å². The SMILES string of the molecule is CCCCCCC(C)OCC(NCCC)C(C)CC. The summed E-state index contributed by atoms with van der Waals surface area (Å²) in [6.45, 7) is 13.3. The standard InChI is InChI=1S/C17H37NO/c1-6-9-10-11-12-16(5)19-14-17(15(4)8-3)18-13-7-2/h15-18H,6-14H2,1-5H3. The molecular weight excluding hydrogens is 234 g/mol. The van der Waals surface area contributed by atoms with Crippen LogP contribution in [-0.2, 0) is 4.74 Å². The molecular formula is C17H37NO. The van der Waals surface area contributed by atoms with Crippen LogP contribution in [-0.4, -0.2) is 25.3 Å². The van der Waals surface area contributed by atoms with Gasteiger partial charge in [0.05, 0.1) is 12.7 Å². The lowest BCUT2D eigenvalue weighted by Gasteiger charge is -2.26. The van der Waals surface area contributed by atoms with E-state index in [9.17, 15) is 0 Å². The molecule has 0 amide bonds. The van der Waals surface area contributed by atoms with Crippen molar-refractivity contribution in [3.63, 3.8) is 0 Å². The molecule has 0 radical (unpaired) electrons. The molecule has 0 aromatic rings. The highest BCUT2D eigenvalue weighted by molar-refractivity contribution is 4.72. The second-order valence-corrected chi connectivity index (χ2v) is 5.94. The molecule has 1 N–H and O–H groups in total. The zero-order chi connectivity index (χ0) is 14.5. The fourth-order valence-electron chi connectivity index (χ4n) is 2.25. The predicted octanol–water partition coefficient (Wildman–Crippen LogP) is 4.78. The van der Waals surface area contributed by atoms with Gasteiger partial charge in [0, 0.05) is 6.04 Å². The summed E-state index contributed by atoms with van der Waals surface area (Å²) < 4.78 is 6.04. The van der Waals surface area contributed by atoms with Crippen LogP contribution < -0.4 is 5.32 Å². The summed E-state index contributed by atoms with van der Waals surface area (Å²) in [5, 5.41) is 3.63. The van der Waals surface area contributed by atoms with Crippen LogP contribution in [0, 0.1) is 5.92 Å². The van der Waals surface area contributed by atoms with E-state index in [1.54, 1.807) is 0 Å². The van der Waals surface area contributed by atoms with E-state index in [-0.39, 0.29) is 0 Å². The molecule has 0 saturated carbocycles. The Bertz CT molecular complexity index is 184. The van der Waals surface area contributed by atoms with Gasteiger partial charge in [0.2, 0.25) is 0 Å². The molecule has 0 aliphatic heterocycles. The Morgan fingerprint density at radius 2 is 1.68 bits per heavy atom. The number of nitrogens with one attached hydrogen (secondary N) is 1. The third kappa shape index (κ3) is 10.4. The van der Waals surface area contributed by atoms with Crippen LogP contribution in [0.4, 0.5) is 0 Å². The minimum Gasteiger partial charge on any atom is -0.377 e. The molecule has 0 heterocycles. The second kappa shape index (κ2) is 12.9. The first kappa shape index (κ1) is 18.9. The number of hydrogen-bond acceptors (Lipinski definition) is 2. The Hall–Kier alpha value is -0.0800. The second-order valence-electron chi connectivity index (χ2n) is 5.94. The van der Waals surface area contributed by atoms with E-state index in [0.717, 1.165) is 13.2 Å².